The number of ether oxygens (including phenoxy) is 2. The van der Waals surface area contributed by atoms with Crippen molar-refractivity contribution >= 4 is 11.9 Å². The number of hydrogen-bond acceptors (Lipinski definition) is 7. The molecule has 6 atom stereocenters. The van der Waals surface area contributed by atoms with Crippen molar-refractivity contribution in [2.75, 3.05) is 0 Å². The van der Waals surface area contributed by atoms with E-state index in [-0.39, 0.29) is 36.4 Å². The largest absolute Gasteiger partial charge is 0.462 e. The van der Waals surface area contributed by atoms with Gasteiger partial charge in [-0.05, 0) is 58.8 Å². The Morgan fingerprint density at radius 1 is 1.02 bits per heavy atom. The van der Waals surface area contributed by atoms with Crippen molar-refractivity contribution in [2.24, 2.45) is 11.8 Å². The number of carbonyl (C=O) groups excluding carboxylic acids is 2. The highest BCUT2D eigenvalue weighted by Gasteiger charge is 2.23. The first-order chi connectivity index (χ1) is 19.3. The lowest BCUT2D eigenvalue weighted by atomic mass is 9.94. The normalized spacial score (nSPS) is 25.4. The predicted octanol–water partition coefficient (Wildman–Crippen LogP) is 6.07. The molecule has 7 nitrogen and oxygen atoms in total. The van der Waals surface area contributed by atoms with Crippen LogP contribution in [0, 0.1) is 11.8 Å². The Labute approximate surface area is 247 Å². The van der Waals surface area contributed by atoms with E-state index in [4.69, 9.17) is 9.47 Å². The molecule has 0 bridgehead atoms. The molecule has 230 valence electrons. The number of rotatable bonds is 11. The molecule has 0 saturated heterocycles. The fourth-order valence-electron chi connectivity index (χ4n) is 4.40. The number of aliphatic hydroxyl groups is 3. The second-order valence-corrected chi connectivity index (χ2v) is 11.6. The number of aliphatic hydroxyl groups excluding tert-OH is 3. The third kappa shape index (κ3) is 16.3. The zero-order valence-electron chi connectivity index (χ0n) is 26.0. The molecular weight excluding hydrogens is 520 g/mol. The Hall–Kier alpha value is -2.74. The zero-order chi connectivity index (χ0) is 30.9. The molecule has 3 N–H and O–H groups in total. The van der Waals surface area contributed by atoms with Crippen LogP contribution in [-0.4, -0.2) is 57.8 Å². The van der Waals surface area contributed by atoms with Gasteiger partial charge in [0.2, 0.25) is 0 Å². The summed E-state index contributed by atoms with van der Waals surface area (Å²) in [6.07, 6.45) is 16.3. The Balaban J connectivity index is 2.73. The number of allylic oxidation sites excluding steroid dienone is 9. The fraction of sp³-hybridized carbons (Fsp3) is 0.588. The van der Waals surface area contributed by atoms with Crippen LogP contribution >= 0.6 is 0 Å². The van der Waals surface area contributed by atoms with Crippen LogP contribution in [0.2, 0.25) is 0 Å². The first-order valence-corrected chi connectivity index (χ1v) is 14.8. The lowest BCUT2D eigenvalue weighted by Gasteiger charge is -2.24. The van der Waals surface area contributed by atoms with Gasteiger partial charge in [0.1, 0.15) is 12.2 Å². The summed E-state index contributed by atoms with van der Waals surface area (Å²) in [5.74, 6) is -0.228. The van der Waals surface area contributed by atoms with Gasteiger partial charge in [0.15, 0.2) is 0 Å². The molecule has 0 fully saturated rings. The minimum atomic E-state index is -1.05. The van der Waals surface area contributed by atoms with Gasteiger partial charge in [-0.2, -0.15) is 0 Å². The molecule has 7 heteroatoms. The maximum Gasteiger partial charge on any atom is 0.331 e. The van der Waals surface area contributed by atoms with E-state index >= 15 is 0 Å². The summed E-state index contributed by atoms with van der Waals surface area (Å²) in [6.45, 7) is 13.4. The van der Waals surface area contributed by atoms with E-state index in [0.29, 0.717) is 25.7 Å². The zero-order valence-corrected chi connectivity index (χ0v) is 26.0. The van der Waals surface area contributed by atoms with Crippen molar-refractivity contribution in [2.45, 2.75) is 118 Å². The molecule has 0 saturated carbocycles. The van der Waals surface area contributed by atoms with Crippen molar-refractivity contribution in [1.29, 1.82) is 0 Å². The number of carbonyl (C=O) groups is 2. The van der Waals surface area contributed by atoms with Crippen LogP contribution < -0.4 is 0 Å². The summed E-state index contributed by atoms with van der Waals surface area (Å²) < 4.78 is 11.4. The van der Waals surface area contributed by atoms with Crippen molar-refractivity contribution in [1.82, 2.24) is 0 Å². The average Bonchev–Trinajstić information content (AvgIpc) is 2.87. The molecule has 0 radical (unpaired) electrons. The highest BCUT2D eigenvalue weighted by atomic mass is 16.5. The quantitative estimate of drug-likeness (QED) is 0.119. The smallest absolute Gasteiger partial charge is 0.331 e. The molecule has 1 heterocycles. The SMILES string of the molecule is CC(=C\C=C\C(C)=C\[C@H](O)[C@H](O)C[C@H](C)O)/C=C(C)/C=C/C(=O)O[C@H]1CCCC(=O)OC(C(C)C)C/C=C/C[C@@H]1C. The number of esters is 2. The third-order valence-electron chi connectivity index (χ3n) is 6.91. The second kappa shape index (κ2) is 19.4. The van der Waals surface area contributed by atoms with E-state index < -0.39 is 24.3 Å². The molecule has 0 amide bonds. The molecule has 0 aromatic heterocycles. The van der Waals surface area contributed by atoms with Crippen LogP contribution in [0.3, 0.4) is 0 Å². The van der Waals surface area contributed by atoms with Gasteiger partial charge in [0.05, 0.1) is 18.3 Å². The second-order valence-electron chi connectivity index (χ2n) is 11.6. The molecule has 41 heavy (non-hydrogen) atoms. The average molecular weight is 573 g/mol. The standard InChI is InChI=1S/C34H52O7/c1-23(2)31-15-9-8-14-27(6)32(16-11-17-33(38)40-31)41-34(39)19-18-26(5)20-24(3)12-10-13-25(4)21-29(36)30(37)22-28(7)35/h8-10,12-13,18-21,23,27-32,35-37H,11,14-17,22H2,1-7H3/b9-8+,13-10+,19-18+,24-12+,25-21+,26-20+/t27-,28-,29-,30+,31?,32-/m0/s1. The van der Waals surface area contributed by atoms with Gasteiger partial charge >= 0.3 is 11.9 Å². The summed E-state index contributed by atoms with van der Waals surface area (Å²) in [4.78, 5) is 24.9. The molecule has 0 aromatic carbocycles. The van der Waals surface area contributed by atoms with Gasteiger partial charge in [-0.25, -0.2) is 4.79 Å². The molecule has 1 rings (SSSR count). The van der Waals surface area contributed by atoms with Crippen LogP contribution in [0.1, 0.15) is 87.0 Å². The van der Waals surface area contributed by atoms with Crippen LogP contribution in [0.5, 0.6) is 0 Å². The van der Waals surface area contributed by atoms with Gasteiger partial charge in [-0.15, -0.1) is 0 Å². The Morgan fingerprint density at radius 3 is 2.37 bits per heavy atom. The Morgan fingerprint density at radius 2 is 1.71 bits per heavy atom. The van der Waals surface area contributed by atoms with E-state index in [2.05, 4.69) is 32.9 Å². The molecular formula is C34H52O7. The summed E-state index contributed by atoms with van der Waals surface area (Å²) in [7, 11) is 0. The molecule has 1 unspecified atom stereocenters. The fourth-order valence-corrected chi connectivity index (χ4v) is 4.40. The first kappa shape index (κ1) is 36.3. The third-order valence-corrected chi connectivity index (χ3v) is 6.91. The van der Waals surface area contributed by atoms with E-state index in [0.717, 1.165) is 23.1 Å². The van der Waals surface area contributed by atoms with Crippen LogP contribution in [0.25, 0.3) is 0 Å². The maximum atomic E-state index is 12.6. The lowest BCUT2D eigenvalue weighted by Crippen LogP contribution is -2.27. The van der Waals surface area contributed by atoms with Gasteiger partial charge in [0.25, 0.3) is 0 Å². The topological polar surface area (TPSA) is 113 Å². The maximum absolute atomic E-state index is 12.6. The number of cyclic esters (lactones) is 1. The summed E-state index contributed by atoms with van der Waals surface area (Å²) in [5.41, 5.74) is 2.62. The van der Waals surface area contributed by atoms with E-state index in [1.165, 1.54) is 6.08 Å². The Bertz CT molecular complexity index is 997. The first-order valence-electron chi connectivity index (χ1n) is 14.8. The minimum absolute atomic E-state index is 0.102. The summed E-state index contributed by atoms with van der Waals surface area (Å²) in [5, 5.41) is 29.3. The van der Waals surface area contributed by atoms with Crippen LogP contribution in [-0.2, 0) is 19.1 Å². The summed E-state index contributed by atoms with van der Waals surface area (Å²) in [6, 6.07) is 0. The van der Waals surface area contributed by atoms with Gasteiger partial charge in [0, 0.05) is 25.3 Å². The molecule has 0 aliphatic carbocycles. The molecule has 0 spiro atoms. The van der Waals surface area contributed by atoms with Crippen molar-refractivity contribution in [3.05, 3.63) is 71.4 Å². The molecule has 1 aliphatic heterocycles. The van der Waals surface area contributed by atoms with Crippen molar-refractivity contribution < 1.29 is 34.4 Å². The van der Waals surface area contributed by atoms with E-state index in [9.17, 15) is 24.9 Å². The monoisotopic (exact) mass is 572 g/mol. The molecule has 0 aromatic rings. The predicted molar refractivity (Wildman–Crippen MR) is 164 cm³/mol. The van der Waals surface area contributed by atoms with E-state index in [1.807, 2.05) is 45.1 Å². The van der Waals surface area contributed by atoms with Crippen molar-refractivity contribution in [3.8, 4) is 0 Å². The van der Waals surface area contributed by atoms with Gasteiger partial charge < -0.3 is 24.8 Å². The number of hydrogen-bond donors (Lipinski definition) is 3. The minimum Gasteiger partial charge on any atom is -0.462 e. The lowest BCUT2D eigenvalue weighted by molar-refractivity contribution is -0.151. The Kier molecular flexibility index (Phi) is 17.2. The van der Waals surface area contributed by atoms with Gasteiger partial charge in [-0.3, -0.25) is 4.79 Å². The molecule has 1 aliphatic rings. The summed E-state index contributed by atoms with van der Waals surface area (Å²) >= 11 is 0. The highest BCUT2D eigenvalue weighted by molar-refractivity contribution is 5.82. The van der Waals surface area contributed by atoms with E-state index in [1.54, 1.807) is 19.1 Å². The van der Waals surface area contributed by atoms with Gasteiger partial charge in [-0.1, -0.05) is 86.1 Å². The van der Waals surface area contributed by atoms with Crippen molar-refractivity contribution in [3.63, 3.8) is 0 Å². The highest BCUT2D eigenvalue weighted by Crippen LogP contribution is 2.22. The van der Waals surface area contributed by atoms with Crippen LogP contribution in [0.4, 0.5) is 0 Å². The van der Waals surface area contributed by atoms with Crippen LogP contribution in [0.15, 0.2) is 71.4 Å².